The number of likely N-dealkylation sites (tertiary alicyclic amines) is 1. The topological polar surface area (TPSA) is 89.0 Å². The predicted molar refractivity (Wildman–Crippen MR) is 126 cm³/mol. The number of hydrogen-bond acceptors (Lipinski definition) is 6. The molecule has 3 aromatic rings. The first kappa shape index (κ1) is 22.8. The maximum absolute atomic E-state index is 12.4. The number of hydrogen-bond donors (Lipinski definition) is 1. The number of carboxylic acid groups (broad SMARTS) is 1. The van der Waals surface area contributed by atoms with Gasteiger partial charge in [0.15, 0.2) is 5.69 Å². The summed E-state index contributed by atoms with van der Waals surface area (Å²) in [7, 11) is 0. The lowest BCUT2D eigenvalue weighted by atomic mass is 10.1. The number of carboxylic acids is 1. The lowest BCUT2D eigenvalue weighted by molar-refractivity contribution is 0.0292. The molecule has 1 atom stereocenters. The lowest BCUT2D eigenvalue weighted by Crippen LogP contribution is -2.35. The van der Waals surface area contributed by atoms with E-state index in [1.807, 2.05) is 75.4 Å². The number of amides is 1. The number of aromatic nitrogens is 1. The molecule has 1 N–H and O–H groups in total. The van der Waals surface area contributed by atoms with Crippen LogP contribution in [0.15, 0.2) is 54.6 Å². The number of para-hydroxylation sites is 1. The summed E-state index contributed by atoms with van der Waals surface area (Å²) >= 11 is 1.36. The Labute approximate surface area is 196 Å². The van der Waals surface area contributed by atoms with Crippen LogP contribution in [-0.2, 0) is 4.74 Å². The molecule has 0 radical (unpaired) electrons. The Morgan fingerprint density at radius 2 is 1.73 bits per heavy atom. The molecule has 2 aromatic carbocycles. The highest BCUT2D eigenvalue weighted by atomic mass is 32.1. The fourth-order valence-electron chi connectivity index (χ4n) is 3.61. The summed E-state index contributed by atoms with van der Waals surface area (Å²) < 4.78 is 11.3. The summed E-state index contributed by atoms with van der Waals surface area (Å²) in [4.78, 5) is 31.0. The number of carbonyl (C=O) groups excluding carboxylic acids is 1. The largest absolute Gasteiger partial charge is 0.476 e. The van der Waals surface area contributed by atoms with Crippen molar-refractivity contribution in [1.82, 2.24) is 9.88 Å². The minimum atomic E-state index is -1.07. The number of thiazole rings is 1. The van der Waals surface area contributed by atoms with Crippen molar-refractivity contribution in [2.75, 3.05) is 13.1 Å². The highest BCUT2D eigenvalue weighted by molar-refractivity contribution is 7.15. The maximum atomic E-state index is 12.4. The molecular weight excluding hydrogens is 440 g/mol. The van der Waals surface area contributed by atoms with Crippen molar-refractivity contribution < 1.29 is 24.2 Å². The third kappa shape index (κ3) is 5.51. The number of benzene rings is 2. The Hall–Kier alpha value is -3.39. The molecule has 0 bridgehead atoms. The van der Waals surface area contributed by atoms with Gasteiger partial charge in [0, 0.05) is 19.0 Å². The standard InChI is InChI=1S/C25H26N2O5S/c1-25(2,3)32-24(30)27-14-13-17(15-27)22-26-20(23(28)29)21(33-22)16-9-11-19(12-10-16)31-18-7-5-4-6-8-18/h4-12,17H,13-15H2,1-3H3,(H,28,29). The number of aromatic carboxylic acids is 1. The molecule has 7 nitrogen and oxygen atoms in total. The summed E-state index contributed by atoms with van der Waals surface area (Å²) in [5.41, 5.74) is 0.233. The van der Waals surface area contributed by atoms with Gasteiger partial charge in [0.25, 0.3) is 0 Å². The van der Waals surface area contributed by atoms with E-state index < -0.39 is 11.6 Å². The average Bonchev–Trinajstić information content (AvgIpc) is 3.42. The van der Waals surface area contributed by atoms with Crippen molar-refractivity contribution in [3.8, 4) is 21.9 Å². The van der Waals surface area contributed by atoms with Gasteiger partial charge in [-0.2, -0.15) is 0 Å². The van der Waals surface area contributed by atoms with E-state index in [-0.39, 0.29) is 17.7 Å². The summed E-state index contributed by atoms with van der Waals surface area (Å²) in [6.07, 6.45) is 0.365. The molecule has 1 saturated heterocycles. The molecule has 1 amide bonds. The molecule has 33 heavy (non-hydrogen) atoms. The van der Waals surface area contributed by atoms with Crippen LogP contribution in [0.4, 0.5) is 4.79 Å². The Morgan fingerprint density at radius 1 is 1.06 bits per heavy atom. The SMILES string of the molecule is CC(C)(C)OC(=O)N1CCC(c2nc(C(=O)O)c(-c3ccc(Oc4ccccc4)cc3)s2)C1. The summed E-state index contributed by atoms with van der Waals surface area (Å²) in [6, 6.07) is 16.8. The second-order valence-electron chi connectivity index (χ2n) is 8.89. The van der Waals surface area contributed by atoms with Crippen LogP contribution in [0.5, 0.6) is 11.5 Å². The Kier molecular flexibility index (Phi) is 6.37. The molecule has 0 saturated carbocycles. The number of nitrogens with zero attached hydrogens (tertiary/aromatic N) is 2. The van der Waals surface area contributed by atoms with Crippen molar-refractivity contribution in [1.29, 1.82) is 0 Å². The second kappa shape index (κ2) is 9.23. The van der Waals surface area contributed by atoms with Gasteiger partial charge in [-0.1, -0.05) is 18.2 Å². The van der Waals surface area contributed by atoms with Gasteiger partial charge in [-0.25, -0.2) is 14.6 Å². The number of rotatable bonds is 5. The van der Waals surface area contributed by atoms with Gasteiger partial charge in [0.1, 0.15) is 17.1 Å². The number of ether oxygens (including phenoxy) is 2. The van der Waals surface area contributed by atoms with E-state index >= 15 is 0 Å². The summed E-state index contributed by atoms with van der Waals surface area (Å²) in [5, 5.41) is 10.5. The normalized spacial score (nSPS) is 16.0. The molecule has 1 aliphatic rings. The Balaban J connectivity index is 1.52. The van der Waals surface area contributed by atoms with E-state index in [1.165, 1.54) is 11.3 Å². The van der Waals surface area contributed by atoms with Gasteiger partial charge >= 0.3 is 12.1 Å². The zero-order valence-electron chi connectivity index (χ0n) is 18.8. The summed E-state index contributed by atoms with van der Waals surface area (Å²) in [6.45, 7) is 6.52. The fourth-order valence-corrected chi connectivity index (χ4v) is 4.79. The molecule has 1 fully saturated rings. The first-order valence-corrected chi connectivity index (χ1v) is 11.6. The van der Waals surface area contributed by atoms with Gasteiger partial charge < -0.3 is 19.5 Å². The maximum Gasteiger partial charge on any atom is 0.410 e. The first-order valence-electron chi connectivity index (χ1n) is 10.7. The highest BCUT2D eigenvalue weighted by Crippen LogP contribution is 2.38. The monoisotopic (exact) mass is 466 g/mol. The molecule has 1 aliphatic heterocycles. The van der Waals surface area contributed by atoms with Crippen LogP contribution < -0.4 is 4.74 Å². The van der Waals surface area contributed by atoms with Gasteiger partial charge in [0.05, 0.1) is 9.88 Å². The van der Waals surface area contributed by atoms with Crippen LogP contribution in [0.1, 0.15) is 48.6 Å². The smallest absolute Gasteiger partial charge is 0.410 e. The van der Waals surface area contributed by atoms with Crippen molar-refractivity contribution in [2.24, 2.45) is 0 Å². The quantitative estimate of drug-likeness (QED) is 0.494. The molecule has 4 rings (SSSR count). The first-order chi connectivity index (χ1) is 15.7. The zero-order valence-corrected chi connectivity index (χ0v) is 19.6. The van der Waals surface area contributed by atoms with E-state index in [9.17, 15) is 14.7 Å². The molecule has 172 valence electrons. The van der Waals surface area contributed by atoms with Crippen LogP contribution in [0, 0.1) is 0 Å². The average molecular weight is 467 g/mol. The molecule has 0 aliphatic carbocycles. The second-order valence-corrected chi connectivity index (χ2v) is 9.92. The van der Waals surface area contributed by atoms with Crippen LogP contribution in [-0.4, -0.2) is 45.7 Å². The number of carbonyl (C=O) groups is 2. The van der Waals surface area contributed by atoms with Crippen molar-refractivity contribution in [3.05, 3.63) is 65.3 Å². The van der Waals surface area contributed by atoms with Crippen LogP contribution in [0.25, 0.3) is 10.4 Å². The minimum absolute atomic E-state index is 0.0185. The molecule has 8 heteroatoms. The predicted octanol–water partition coefficient (Wildman–Crippen LogP) is 6.03. The van der Waals surface area contributed by atoms with Gasteiger partial charge in [-0.05, 0) is 69.2 Å². The van der Waals surface area contributed by atoms with Crippen molar-refractivity contribution in [3.63, 3.8) is 0 Å². The van der Waals surface area contributed by atoms with E-state index in [4.69, 9.17) is 9.47 Å². The highest BCUT2D eigenvalue weighted by Gasteiger charge is 2.33. The van der Waals surface area contributed by atoms with Crippen LogP contribution >= 0.6 is 11.3 Å². The van der Waals surface area contributed by atoms with Gasteiger partial charge in [-0.15, -0.1) is 11.3 Å². The Morgan fingerprint density at radius 3 is 2.36 bits per heavy atom. The lowest BCUT2D eigenvalue weighted by Gasteiger charge is -2.24. The minimum Gasteiger partial charge on any atom is -0.476 e. The van der Waals surface area contributed by atoms with Gasteiger partial charge in [0.2, 0.25) is 0 Å². The Bertz CT molecular complexity index is 1140. The van der Waals surface area contributed by atoms with E-state index in [0.717, 1.165) is 22.7 Å². The molecule has 0 spiro atoms. The van der Waals surface area contributed by atoms with Crippen molar-refractivity contribution in [2.45, 2.75) is 38.7 Å². The van der Waals surface area contributed by atoms with E-state index in [2.05, 4.69) is 4.98 Å². The van der Waals surface area contributed by atoms with Crippen molar-refractivity contribution >= 4 is 23.4 Å². The van der Waals surface area contributed by atoms with Crippen LogP contribution in [0.3, 0.4) is 0 Å². The molecule has 1 aromatic heterocycles. The molecule has 2 heterocycles. The van der Waals surface area contributed by atoms with Gasteiger partial charge in [-0.3, -0.25) is 0 Å². The summed E-state index contributed by atoms with van der Waals surface area (Å²) in [5.74, 6) is 0.303. The van der Waals surface area contributed by atoms with E-state index in [0.29, 0.717) is 23.7 Å². The molecule has 1 unspecified atom stereocenters. The van der Waals surface area contributed by atoms with Crippen LogP contribution in [0.2, 0.25) is 0 Å². The molecular formula is C25H26N2O5S. The zero-order chi connectivity index (χ0) is 23.6. The fraction of sp³-hybridized carbons (Fsp3) is 0.320. The third-order valence-corrected chi connectivity index (χ3v) is 6.40. The third-order valence-electron chi connectivity index (χ3n) is 5.13. The van der Waals surface area contributed by atoms with E-state index in [1.54, 1.807) is 4.90 Å².